The van der Waals surface area contributed by atoms with Gasteiger partial charge in [-0.2, -0.15) is 0 Å². The zero-order chi connectivity index (χ0) is 27.9. The number of likely N-dealkylation sites (N-methyl/N-ethyl adjacent to an activating group) is 1. The van der Waals surface area contributed by atoms with Gasteiger partial charge in [-0.25, -0.2) is 9.59 Å². The summed E-state index contributed by atoms with van der Waals surface area (Å²) in [5, 5.41) is 19.5. The highest BCUT2D eigenvalue weighted by atomic mass is 16.6. The molecule has 2 unspecified atom stereocenters. The van der Waals surface area contributed by atoms with E-state index >= 15 is 0 Å². The van der Waals surface area contributed by atoms with Crippen LogP contribution in [0.4, 0.5) is 9.59 Å². The minimum absolute atomic E-state index is 0.00597. The van der Waals surface area contributed by atoms with E-state index in [0.717, 1.165) is 65.2 Å². The lowest BCUT2D eigenvalue weighted by Crippen LogP contribution is -2.54. The third-order valence-corrected chi connectivity index (χ3v) is 7.25. The van der Waals surface area contributed by atoms with E-state index in [1.54, 1.807) is 32.7 Å². The van der Waals surface area contributed by atoms with Gasteiger partial charge < -0.3 is 29.3 Å². The summed E-state index contributed by atoms with van der Waals surface area (Å²) in [5.41, 5.74) is -0.608. The molecule has 2 atom stereocenters. The first-order chi connectivity index (χ1) is 17.9. The van der Waals surface area contributed by atoms with Crippen LogP contribution < -0.4 is 5.32 Å². The number of amides is 2. The summed E-state index contributed by atoms with van der Waals surface area (Å²) in [5.74, 6) is -0.698. The molecule has 0 saturated carbocycles. The number of cyclic esters (lactones) is 1. The number of carboxylic acids is 1. The van der Waals surface area contributed by atoms with Gasteiger partial charge in [0.15, 0.2) is 6.23 Å². The van der Waals surface area contributed by atoms with Gasteiger partial charge in [-0.15, -0.1) is 0 Å². The maximum Gasteiger partial charge on any atom is 0.414 e. The van der Waals surface area contributed by atoms with Gasteiger partial charge in [-0.1, -0.05) is 0 Å². The van der Waals surface area contributed by atoms with E-state index < -0.39 is 17.7 Å². The van der Waals surface area contributed by atoms with E-state index in [1.807, 2.05) is 4.90 Å². The Bertz CT molecular complexity index is 835. The molecule has 0 aliphatic carbocycles. The van der Waals surface area contributed by atoms with E-state index in [1.165, 1.54) is 0 Å². The summed E-state index contributed by atoms with van der Waals surface area (Å²) in [7, 11) is 1.80. The van der Waals surface area contributed by atoms with Crippen molar-refractivity contribution in [2.75, 3.05) is 72.5 Å². The van der Waals surface area contributed by atoms with Gasteiger partial charge in [-0.05, 0) is 53.1 Å². The average molecular weight is 540 g/mol. The summed E-state index contributed by atoms with van der Waals surface area (Å²) < 4.78 is 11.0. The molecular weight excluding hydrogens is 494 g/mol. The summed E-state index contributed by atoms with van der Waals surface area (Å²) in [6.45, 7) is 13.2. The smallest absolute Gasteiger partial charge is 0.414 e. The first-order valence-electron chi connectivity index (χ1n) is 13.6. The highest BCUT2D eigenvalue weighted by Gasteiger charge is 2.43. The van der Waals surface area contributed by atoms with Crippen molar-refractivity contribution in [1.29, 1.82) is 5.41 Å². The third-order valence-electron chi connectivity index (χ3n) is 7.25. The number of carboxylic acid groups (broad SMARTS) is 1. The van der Waals surface area contributed by atoms with Crippen LogP contribution in [0, 0.1) is 5.41 Å². The fourth-order valence-electron chi connectivity index (χ4n) is 5.14. The molecule has 13 nitrogen and oxygen atoms in total. The number of aliphatic carboxylic acids is 1. The number of rotatable bonds is 9. The van der Waals surface area contributed by atoms with Gasteiger partial charge >= 0.3 is 18.2 Å². The summed E-state index contributed by atoms with van der Waals surface area (Å²) in [6, 6.07) is -0.00597. The van der Waals surface area contributed by atoms with E-state index in [9.17, 15) is 14.4 Å². The fourth-order valence-corrected chi connectivity index (χ4v) is 5.14. The van der Waals surface area contributed by atoms with Crippen molar-refractivity contribution >= 4 is 24.1 Å². The number of carbonyl (C=O) groups excluding carboxylic acids is 2. The predicted octanol–water partition coefficient (Wildman–Crippen LogP) is 1.10. The van der Waals surface area contributed by atoms with Gasteiger partial charge in [0.2, 0.25) is 5.96 Å². The van der Waals surface area contributed by atoms with E-state index in [2.05, 4.69) is 20.0 Å². The molecule has 0 spiro atoms. The Morgan fingerprint density at radius 2 is 1.61 bits per heavy atom. The number of hydrogen-bond acceptors (Lipinski definition) is 9. The van der Waals surface area contributed by atoms with Gasteiger partial charge in [0.25, 0.3) is 0 Å². The van der Waals surface area contributed by atoms with E-state index in [-0.39, 0.29) is 30.7 Å². The molecule has 0 aromatic heterocycles. The third kappa shape index (κ3) is 8.98. The number of hydrogen-bond donors (Lipinski definition) is 3. The van der Waals surface area contributed by atoms with Gasteiger partial charge in [0.05, 0.1) is 6.04 Å². The Labute approximate surface area is 225 Å². The van der Waals surface area contributed by atoms with Crippen molar-refractivity contribution in [3.8, 4) is 0 Å². The Kier molecular flexibility index (Phi) is 10.6. The molecule has 3 N–H and O–H groups in total. The van der Waals surface area contributed by atoms with Crippen molar-refractivity contribution < 1.29 is 29.0 Å². The van der Waals surface area contributed by atoms with Crippen LogP contribution in [0.25, 0.3) is 0 Å². The molecule has 0 bridgehead atoms. The Morgan fingerprint density at radius 3 is 2.18 bits per heavy atom. The highest BCUT2D eigenvalue weighted by molar-refractivity contribution is 5.92. The van der Waals surface area contributed by atoms with Gasteiger partial charge in [-0.3, -0.25) is 25.3 Å². The number of carbonyl (C=O) groups is 3. The lowest BCUT2D eigenvalue weighted by atomic mass is 10.1. The number of piperazine rings is 2. The van der Waals surface area contributed by atoms with Crippen molar-refractivity contribution in [3.63, 3.8) is 0 Å². The number of ether oxygens (including phenoxy) is 2. The standard InChI is InChI=1S/C25H45N7O6/c1-25(2,3)38-23(35)27-22(26)32-17-13-29(14-18-32)9-5-7-19-21(37-24(36)28(19)4)31-15-11-30(12-16-31)10-6-8-20(33)34/h19,21H,5-18H2,1-4H3,(H,33,34)(H2,26,27,35). The second-order valence-electron chi connectivity index (χ2n) is 11.3. The molecule has 0 aromatic rings. The van der Waals surface area contributed by atoms with Crippen molar-refractivity contribution in [1.82, 2.24) is 29.8 Å². The van der Waals surface area contributed by atoms with Crippen LogP contribution in [-0.4, -0.2) is 144 Å². The zero-order valence-corrected chi connectivity index (χ0v) is 23.3. The Morgan fingerprint density at radius 1 is 1.03 bits per heavy atom. The SMILES string of the molecule is CN1C(=O)OC(N2CCN(CCCC(=O)O)CC2)C1CCCN1CCN(C(=N)NC(=O)OC(C)(C)C)CC1. The summed E-state index contributed by atoms with van der Waals surface area (Å²) in [4.78, 5) is 45.5. The Balaban J connectivity index is 1.38. The molecule has 3 fully saturated rings. The average Bonchev–Trinajstić information content (AvgIpc) is 3.12. The molecule has 3 aliphatic heterocycles. The van der Waals surface area contributed by atoms with E-state index in [0.29, 0.717) is 19.5 Å². The van der Waals surface area contributed by atoms with Crippen molar-refractivity contribution in [2.24, 2.45) is 0 Å². The molecular formula is C25H45N7O6. The summed E-state index contributed by atoms with van der Waals surface area (Å²) in [6.07, 6.45) is 1.44. The molecule has 0 aromatic carbocycles. The highest BCUT2D eigenvalue weighted by Crippen LogP contribution is 2.26. The molecule has 3 saturated heterocycles. The van der Waals surface area contributed by atoms with Crippen LogP contribution in [-0.2, 0) is 14.3 Å². The Hall–Kier alpha value is -2.64. The van der Waals surface area contributed by atoms with Crippen molar-refractivity contribution in [3.05, 3.63) is 0 Å². The molecule has 3 heterocycles. The second kappa shape index (κ2) is 13.4. The molecule has 2 amide bonds. The van der Waals surface area contributed by atoms with Crippen LogP contribution in [0.2, 0.25) is 0 Å². The van der Waals surface area contributed by atoms with Crippen LogP contribution in [0.1, 0.15) is 46.5 Å². The normalized spacial score (nSPS) is 23.8. The predicted molar refractivity (Wildman–Crippen MR) is 141 cm³/mol. The minimum Gasteiger partial charge on any atom is -0.481 e. The minimum atomic E-state index is -0.760. The number of alkyl carbamates (subject to hydrolysis) is 1. The monoisotopic (exact) mass is 539 g/mol. The van der Waals surface area contributed by atoms with Crippen LogP contribution in [0.5, 0.6) is 0 Å². The van der Waals surface area contributed by atoms with Gasteiger partial charge in [0, 0.05) is 65.8 Å². The lowest BCUT2D eigenvalue weighted by molar-refractivity contribution is -0.137. The number of guanidine groups is 1. The van der Waals surface area contributed by atoms with Crippen LogP contribution >= 0.6 is 0 Å². The van der Waals surface area contributed by atoms with Crippen molar-refractivity contribution in [2.45, 2.75) is 64.3 Å². The number of nitrogens with zero attached hydrogens (tertiary/aromatic N) is 5. The van der Waals surface area contributed by atoms with E-state index in [4.69, 9.17) is 20.0 Å². The first-order valence-corrected chi connectivity index (χ1v) is 13.6. The quantitative estimate of drug-likeness (QED) is 0.288. The lowest BCUT2D eigenvalue weighted by Gasteiger charge is -2.39. The maximum atomic E-state index is 12.4. The largest absolute Gasteiger partial charge is 0.481 e. The molecule has 0 radical (unpaired) electrons. The molecule has 38 heavy (non-hydrogen) atoms. The second-order valence-corrected chi connectivity index (χ2v) is 11.3. The molecule has 13 heteroatoms. The zero-order valence-electron chi connectivity index (χ0n) is 23.3. The van der Waals surface area contributed by atoms with Crippen LogP contribution in [0.15, 0.2) is 0 Å². The first kappa shape index (κ1) is 29.9. The number of nitrogens with one attached hydrogen (secondary N) is 2. The topological polar surface area (TPSA) is 142 Å². The summed E-state index contributed by atoms with van der Waals surface area (Å²) >= 11 is 0. The van der Waals surface area contributed by atoms with Gasteiger partial charge in [0.1, 0.15) is 5.60 Å². The fraction of sp³-hybridized carbons (Fsp3) is 0.840. The molecule has 3 rings (SSSR count). The van der Waals surface area contributed by atoms with Crippen LogP contribution in [0.3, 0.4) is 0 Å². The molecule has 3 aliphatic rings. The molecule has 216 valence electrons. The maximum absolute atomic E-state index is 12.4.